The van der Waals surface area contributed by atoms with E-state index >= 15 is 0 Å². The summed E-state index contributed by atoms with van der Waals surface area (Å²) in [6.07, 6.45) is 1.59. The van der Waals surface area contributed by atoms with Crippen molar-refractivity contribution in [1.29, 1.82) is 0 Å². The number of esters is 1. The van der Waals surface area contributed by atoms with Crippen LogP contribution in [0.2, 0.25) is 0 Å². The van der Waals surface area contributed by atoms with Gasteiger partial charge >= 0.3 is 5.97 Å². The van der Waals surface area contributed by atoms with Crippen LogP contribution in [-0.2, 0) is 19.6 Å². The Bertz CT molecular complexity index is 615. The minimum atomic E-state index is -3.66. The molecular formula is C15H21NO4S. The Morgan fingerprint density at radius 2 is 1.81 bits per heavy atom. The summed E-state index contributed by atoms with van der Waals surface area (Å²) in [6, 6.07) is 5.12. The van der Waals surface area contributed by atoms with E-state index in [0.717, 1.165) is 24.0 Å². The van der Waals surface area contributed by atoms with Crippen molar-refractivity contribution in [2.24, 2.45) is 0 Å². The summed E-state index contributed by atoms with van der Waals surface area (Å²) in [6.45, 7) is 5.46. The van der Waals surface area contributed by atoms with Crippen LogP contribution in [-0.4, -0.2) is 37.9 Å². The van der Waals surface area contributed by atoms with Crippen molar-refractivity contribution in [3.63, 3.8) is 0 Å². The summed E-state index contributed by atoms with van der Waals surface area (Å²) in [5.41, 5.74) is 1.78. The van der Waals surface area contributed by atoms with Crippen molar-refractivity contribution >= 4 is 16.0 Å². The number of carbonyl (C=O) groups is 1. The molecule has 0 atom stereocenters. The Morgan fingerprint density at radius 3 is 2.29 bits per heavy atom. The van der Waals surface area contributed by atoms with Crippen LogP contribution in [0, 0.1) is 13.8 Å². The number of rotatable bonds is 6. The molecule has 1 aromatic rings. The Morgan fingerprint density at radius 1 is 1.24 bits per heavy atom. The third-order valence-corrected chi connectivity index (χ3v) is 5.22. The maximum atomic E-state index is 12.8. The molecule has 0 N–H and O–H groups in total. The number of nitrogens with zero attached hydrogens (tertiary/aromatic N) is 1. The molecule has 0 radical (unpaired) electrons. The van der Waals surface area contributed by atoms with Gasteiger partial charge in [0.05, 0.1) is 11.5 Å². The van der Waals surface area contributed by atoms with E-state index in [4.69, 9.17) is 4.74 Å². The van der Waals surface area contributed by atoms with Crippen molar-refractivity contribution in [2.75, 3.05) is 13.2 Å². The summed E-state index contributed by atoms with van der Waals surface area (Å²) in [5.74, 6) is -0.502. The van der Waals surface area contributed by atoms with Gasteiger partial charge in [0.15, 0.2) is 0 Å². The van der Waals surface area contributed by atoms with Gasteiger partial charge in [0.2, 0.25) is 10.0 Å². The molecule has 1 aromatic carbocycles. The molecule has 6 heteroatoms. The summed E-state index contributed by atoms with van der Waals surface area (Å²) < 4.78 is 31.7. The Kier molecular flexibility index (Phi) is 4.68. The first-order chi connectivity index (χ1) is 9.84. The van der Waals surface area contributed by atoms with Gasteiger partial charge in [0.1, 0.15) is 6.54 Å². The lowest BCUT2D eigenvalue weighted by atomic mass is 10.2. The first-order valence-electron chi connectivity index (χ1n) is 7.10. The van der Waals surface area contributed by atoms with Gasteiger partial charge in [0.25, 0.3) is 0 Å². The van der Waals surface area contributed by atoms with Crippen molar-refractivity contribution in [3.8, 4) is 0 Å². The highest BCUT2D eigenvalue weighted by Gasteiger charge is 2.39. The van der Waals surface area contributed by atoms with Gasteiger partial charge in [-0.15, -0.1) is 0 Å². The molecule has 1 aliphatic carbocycles. The van der Waals surface area contributed by atoms with Crippen molar-refractivity contribution in [2.45, 2.75) is 44.6 Å². The Hall–Kier alpha value is -1.40. The fraction of sp³-hybridized carbons (Fsp3) is 0.533. The molecule has 0 saturated heterocycles. The lowest BCUT2D eigenvalue weighted by Gasteiger charge is -2.21. The maximum Gasteiger partial charge on any atom is 0.321 e. The first-order valence-corrected chi connectivity index (χ1v) is 8.54. The largest absolute Gasteiger partial charge is 0.465 e. The minimum Gasteiger partial charge on any atom is -0.465 e. The number of carbonyl (C=O) groups excluding carboxylic acids is 1. The van der Waals surface area contributed by atoms with Gasteiger partial charge < -0.3 is 4.74 Å². The predicted molar refractivity (Wildman–Crippen MR) is 79.5 cm³/mol. The van der Waals surface area contributed by atoms with Crippen molar-refractivity contribution < 1.29 is 17.9 Å². The summed E-state index contributed by atoms with van der Waals surface area (Å²) in [7, 11) is -3.66. The molecule has 0 unspecified atom stereocenters. The van der Waals surface area contributed by atoms with Crippen LogP contribution < -0.4 is 0 Å². The van der Waals surface area contributed by atoms with E-state index in [9.17, 15) is 13.2 Å². The Labute approximate surface area is 126 Å². The van der Waals surface area contributed by atoms with Crippen LogP contribution in [0.25, 0.3) is 0 Å². The summed E-state index contributed by atoms with van der Waals surface area (Å²) >= 11 is 0. The molecule has 0 spiro atoms. The molecule has 0 amide bonds. The number of aryl methyl sites for hydroxylation is 2. The molecule has 21 heavy (non-hydrogen) atoms. The number of hydrogen-bond donors (Lipinski definition) is 0. The van der Waals surface area contributed by atoms with E-state index in [0.29, 0.717) is 0 Å². The fourth-order valence-electron chi connectivity index (χ4n) is 2.32. The van der Waals surface area contributed by atoms with Gasteiger partial charge in [-0.05, 0) is 56.9 Å². The second-order valence-electron chi connectivity index (χ2n) is 5.41. The number of sulfonamides is 1. The van der Waals surface area contributed by atoms with E-state index < -0.39 is 16.0 Å². The third kappa shape index (κ3) is 3.83. The smallest absolute Gasteiger partial charge is 0.321 e. The van der Waals surface area contributed by atoms with Crippen molar-refractivity contribution in [1.82, 2.24) is 4.31 Å². The molecule has 1 aliphatic rings. The number of hydrogen-bond acceptors (Lipinski definition) is 4. The van der Waals surface area contributed by atoms with E-state index in [1.165, 1.54) is 4.31 Å². The molecule has 0 bridgehead atoms. The lowest BCUT2D eigenvalue weighted by molar-refractivity contribution is -0.143. The monoisotopic (exact) mass is 311 g/mol. The highest BCUT2D eigenvalue weighted by atomic mass is 32.2. The summed E-state index contributed by atoms with van der Waals surface area (Å²) in [4.78, 5) is 11.9. The molecule has 0 heterocycles. The SMILES string of the molecule is CCOC(=O)CN(C1CC1)S(=O)(=O)c1cc(C)cc(C)c1. The van der Waals surface area contributed by atoms with Crippen LogP contribution in [0.1, 0.15) is 30.9 Å². The molecule has 116 valence electrons. The maximum absolute atomic E-state index is 12.8. The van der Waals surface area contributed by atoms with Crippen LogP contribution >= 0.6 is 0 Å². The average Bonchev–Trinajstić information content (AvgIpc) is 3.19. The second kappa shape index (κ2) is 6.15. The number of benzene rings is 1. The van der Waals surface area contributed by atoms with Crippen LogP contribution in [0.3, 0.4) is 0 Å². The summed E-state index contributed by atoms with van der Waals surface area (Å²) in [5, 5.41) is 0. The molecule has 0 aromatic heterocycles. The van der Waals surface area contributed by atoms with E-state index in [1.807, 2.05) is 19.9 Å². The molecule has 0 aliphatic heterocycles. The van der Waals surface area contributed by atoms with E-state index in [-0.39, 0.29) is 24.1 Å². The van der Waals surface area contributed by atoms with Crippen molar-refractivity contribution in [3.05, 3.63) is 29.3 Å². The normalized spacial score (nSPS) is 15.2. The van der Waals surface area contributed by atoms with Gasteiger partial charge in [-0.3, -0.25) is 4.79 Å². The van der Waals surface area contributed by atoms with Crippen LogP contribution in [0.5, 0.6) is 0 Å². The van der Waals surface area contributed by atoms with Crippen LogP contribution in [0.4, 0.5) is 0 Å². The standard InChI is InChI=1S/C15H21NO4S/c1-4-20-15(17)10-16(13-5-6-13)21(18,19)14-8-11(2)7-12(3)9-14/h7-9,13H,4-6,10H2,1-3H3. The zero-order chi connectivity index (χ0) is 15.6. The Balaban J connectivity index is 2.31. The van der Waals surface area contributed by atoms with Gasteiger partial charge in [0, 0.05) is 6.04 Å². The molecule has 1 saturated carbocycles. The third-order valence-electron chi connectivity index (χ3n) is 3.35. The average molecular weight is 311 g/mol. The highest BCUT2D eigenvalue weighted by Crippen LogP contribution is 2.32. The molecular weight excluding hydrogens is 290 g/mol. The number of ether oxygens (including phenoxy) is 1. The molecule has 2 rings (SSSR count). The zero-order valence-electron chi connectivity index (χ0n) is 12.6. The van der Waals surface area contributed by atoms with Gasteiger partial charge in [-0.2, -0.15) is 4.31 Å². The predicted octanol–water partition coefficient (Wildman–Crippen LogP) is 2.02. The van der Waals surface area contributed by atoms with Gasteiger partial charge in [-0.25, -0.2) is 8.42 Å². The zero-order valence-corrected chi connectivity index (χ0v) is 13.4. The molecule has 5 nitrogen and oxygen atoms in total. The minimum absolute atomic E-state index is 0.0831. The fourth-order valence-corrected chi connectivity index (χ4v) is 4.14. The lowest BCUT2D eigenvalue weighted by Crippen LogP contribution is -2.38. The molecule has 1 fully saturated rings. The van der Waals surface area contributed by atoms with Crippen LogP contribution in [0.15, 0.2) is 23.1 Å². The topological polar surface area (TPSA) is 63.7 Å². The van der Waals surface area contributed by atoms with E-state index in [2.05, 4.69) is 0 Å². The highest BCUT2D eigenvalue weighted by molar-refractivity contribution is 7.89. The second-order valence-corrected chi connectivity index (χ2v) is 7.30. The first kappa shape index (κ1) is 16.0. The quantitative estimate of drug-likeness (QED) is 0.754. The van der Waals surface area contributed by atoms with E-state index in [1.54, 1.807) is 19.1 Å². The van der Waals surface area contributed by atoms with Gasteiger partial charge in [-0.1, -0.05) is 6.07 Å².